The summed E-state index contributed by atoms with van der Waals surface area (Å²) in [6.45, 7) is 26.9. The fourth-order valence-electron chi connectivity index (χ4n) is 4.22. The Bertz CT molecular complexity index is 907. The lowest BCUT2D eigenvalue weighted by Crippen LogP contribution is -2.23. The Morgan fingerprint density at radius 3 is 1.24 bits per heavy atom. The van der Waals surface area contributed by atoms with Crippen LogP contribution in [0.2, 0.25) is 0 Å². The van der Waals surface area contributed by atoms with Crippen molar-refractivity contribution >= 4 is 8.60 Å². The van der Waals surface area contributed by atoms with Crippen molar-refractivity contribution in [3.05, 3.63) is 69.8 Å². The van der Waals surface area contributed by atoms with Gasteiger partial charge in [0.25, 0.3) is 0 Å². The molecule has 0 amide bonds. The van der Waals surface area contributed by atoms with Gasteiger partial charge < -0.3 is 9.42 Å². The Kier molecular flexibility index (Phi) is 8.54. The molecular formula is C30H47O3P. The molecule has 1 N–H and O–H groups in total. The van der Waals surface area contributed by atoms with Crippen molar-refractivity contribution in [2.24, 2.45) is 0 Å². The quantitative estimate of drug-likeness (QED) is 0.429. The zero-order valence-corrected chi connectivity index (χ0v) is 24.6. The van der Waals surface area contributed by atoms with Crippen molar-refractivity contribution in [2.75, 3.05) is 7.11 Å². The lowest BCUT2D eigenvalue weighted by molar-refractivity contribution is 0.183. The van der Waals surface area contributed by atoms with Gasteiger partial charge in [-0.15, -0.1) is 0 Å². The van der Waals surface area contributed by atoms with Gasteiger partial charge in [0, 0.05) is 7.11 Å². The maximum absolute atomic E-state index is 10.5. The summed E-state index contributed by atoms with van der Waals surface area (Å²) >= 11 is 0. The van der Waals surface area contributed by atoms with Gasteiger partial charge in [-0.25, -0.2) is 0 Å². The van der Waals surface area contributed by atoms with Crippen molar-refractivity contribution < 1.29 is 13.9 Å². The van der Waals surface area contributed by atoms with Crippen LogP contribution in [-0.2, 0) is 30.7 Å². The van der Waals surface area contributed by atoms with E-state index in [1.54, 1.807) is 0 Å². The van der Waals surface area contributed by atoms with Gasteiger partial charge in [-0.1, -0.05) is 119 Å². The van der Waals surface area contributed by atoms with Gasteiger partial charge in [0.2, 0.25) is 0 Å². The first kappa shape index (κ1) is 29.0. The van der Waals surface area contributed by atoms with Gasteiger partial charge >= 0.3 is 8.60 Å². The average Bonchev–Trinajstić information content (AvgIpc) is 2.68. The molecule has 190 valence electrons. The molecule has 1 atom stereocenters. The molecule has 2 rings (SSSR count). The SMILES string of the molecule is COP(O)OC(c1ccc(C(C)(C)C)cc1C(C)(C)C)c1ccc(C(C)(C)C)cc1C(C)(C)C. The molecule has 3 nitrogen and oxygen atoms in total. The summed E-state index contributed by atoms with van der Waals surface area (Å²) in [6.07, 6.45) is -0.442. The third-order valence-electron chi connectivity index (χ3n) is 6.37. The fraction of sp³-hybridized carbons (Fsp3) is 0.600. The lowest BCUT2D eigenvalue weighted by Gasteiger charge is -2.34. The van der Waals surface area contributed by atoms with E-state index in [0.29, 0.717) is 0 Å². The van der Waals surface area contributed by atoms with Gasteiger partial charge in [0.15, 0.2) is 0 Å². The minimum Gasteiger partial charge on any atom is -0.328 e. The molecule has 34 heavy (non-hydrogen) atoms. The summed E-state index contributed by atoms with van der Waals surface area (Å²) in [4.78, 5) is 10.5. The maximum atomic E-state index is 10.5. The van der Waals surface area contributed by atoms with Gasteiger partial charge in [0.05, 0.1) is 0 Å². The molecule has 0 radical (unpaired) electrons. The Morgan fingerprint density at radius 1 is 0.618 bits per heavy atom. The molecule has 1 unspecified atom stereocenters. The first-order valence-corrected chi connectivity index (χ1v) is 13.4. The molecule has 0 saturated carbocycles. The average molecular weight is 487 g/mol. The predicted octanol–water partition coefficient (Wildman–Crippen LogP) is 8.85. The summed E-state index contributed by atoms with van der Waals surface area (Å²) in [5.41, 5.74) is 7.06. The van der Waals surface area contributed by atoms with Crippen LogP contribution < -0.4 is 0 Å². The molecule has 0 saturated heterocycles. The van der Waals surface area contributed by atoms with E-state index in [2.05, 4.69) is 119 Å². The lowest BCUT2D eigenvalue weighted by atomic mass is 9.74. The van der Waals surface area contributed by atoms with E-state index in [4.69, 9.17) is 9.05 Å². The summed E-state index contributed by atoms with van der Waals surface area (Å²) in [7, 11) is -0.532. The highest BCUT2D eigenvalue weighted by Gasteiger charge is 2.33. The van der Waals surface area contributed by atoms with E-state index in [1.807, 2.05) is 0 Å². The van der Waals surface area contributed by atoms with Crippen molar-refractivity contribution in [3.63, 3.8) is 0 Å². The predicted molar refractivity (Wildman–Crippen MR) is 147 cm³/mol. The minimum absolute atomic E-state index is 0.0376. The molecule has 0 heterocycles. The van der Waals surface area contributed by atoms with E-state index in [-0.39, 0.29) is 21.7 Å². The molecule has 0 bridgehead atoms. The highest BCUT2D eigenvalue weighted by Crippen LogP contribution is 2.47. The third-order valence-corrected chi connectivity index (χ3v) is 7.07. The Morgan fingerprint density at radius 2 is 0.971 bits per heavy atom. The van der Waals surface area contributed by atoms with Gasteiger partial charge in [0.1, 0.15) is 6.10 Å². The second-order valence-corrected chi connectivity index (χ2v) is 14.6. The Hall–Kier alpha value is -1.25. The van der Waals surface area contributed by atoms with Crippen LogP contribution in [0.5, 0.6) is 0 Å². The van der Waals surface area contributed by atoms with E-state index in [9.17, 15) is 4.89 Å². The number of hydrogen-bond acceptors (Lipinski definition) is 3. The molecule has 2 aromatic rings. The standard InChI is InChI=1S/C30H47O3P/c1-27(2,3)20-14-16-22(24(18-20)29(7,8)9)26(33-34(31)32-13)23-17-15-21(28(4,5)6)19-25(23)30(10,11)12/h14-19,26,31H,1-13H3. The van der Waals surface area contributed by atoms with Crippen LogP contribution in [-0.4, -0.2) is 12.0 Å². The minimum atomic E-state index is -2.02. The molecule has 0 fully saturated rings. The van der Waals surface area contributed by atoms with Crippen LogP contribution in [0, 0.1) is 0 Å². The second-order valence-electron chi connectivity index (χ2n) is 13.5. The molecule has 0 aliphatic heterocycles. The third kappa shape index (κ3) is 6.91. The van der Waals surface area contributed by atoms with E-state index in [0.717, 1.165) is 11.1 Å². The zero-order valence-electron chi connectivity index (χ0n) is 23.8. The van der Waals surface area contributed by atoms with E-state index >= 15 is 0 Å². The molecule has 0 aromatic heterocycles. The van der Waals surface area contributed by atoms with Gasteiger partial charge in [-0.05, 0) is 55.0 Å². The smallest absolute Gasteiger partial charge is 0.328 e. The first-order valence-electron chi connectivity index (χ1n) is 12.3. The normalized spacial score (nSPS) is 14.6. The van der Waals surface area contributed by atoms with Crippen LogP contribution in [0.1, 0.15) is 123 Å². The summed E-state index contributed by atoms with van der Waals surface area (Å²) in [5.74, 6) is 0. The van der Waals surface area contributed by atoms with Crippen molar-refractivity contribution in [3.8, 4) is 0 Å². The monoisotopic (exact) mass is 486 g/mol. The maximum Gasteiger partial charge on any atom is 0.330 e. The van der Waals surface area contributed by atoms with Crippen LogP contribution in [0.25, 0.3) is 0 Å². The summed E-state index contributed by atoms with van der Waals surface area (Å²) < 4.78 is 11.5. The Labute approximate surface area is 210 Å². The Balaban J connectivity index is 2.88. The summed E-state index contributed by atoms with van der Waals surface area (Å²) in [5, 5.41) is 0. The zero-order chi connectivity index (χ0) is 26.3. The molecular weight excluding hydrogens is 439 g/mol. The topological polar surface area (TPSA) is 38.7 Å². The van der Waals surface area contributed by atoms with Crippen LogP contribution in [0.3, 0.4) is 0 Å². The molecule has 2 aromatic carbocycles. The summed E-state index contributed by atoms with van der Waals surface area (Å²) in [6, 6.07) is 13.4. The molecule has 0 spiro atoms. The van der Waals surface area contributed by atoms with E-state index < -0.39 is 14.7 Å². The molecule has 0 aliphatic carbocycles. The van der Waals surface area contributed by atoms with E-state index in [1.165, 1.54) is 29.4 Å². The number of benzene rings is 2. The largest absolute Gasteiger partial charge is 0.330 e. The highest BCUT2D eigenvalue weighted by molar-refractivity contribution is 7.40. The van der Waals surface area contributed by atoms with Crippen LogP contribution in [0.15, 0.2) is 36.4 Å². The number of rotatable bonds is 5. The van der Waals surface area contributed by atoms with Crippen molar-refractivity contribution in [2.45, 2.75) is 111 Å². The number of hydrogen-bond donors (Lipinski definition) is 1. The first-order chi connectivity index (χ1) is 15.3. The van der Waals surface area contributed by atoms with Gasteiger partial charge in [-0.3, -0.25) is 4.52 Å². The van der Waals surface area contributed by atoms with Crippen molar-refractivity contribution in [1.29, 1.82) is 0 Å². The fourth-order valence-corrected chi connectivity index (χ4v) is 4.71. The van der Waals surface area contributed by atoms with Crippen LogP contribution in [0.4, 0.5) is 0 Å². The molecule has 0 aliphatic rings. The molecule has 4 heteroatoms. The van der Waals surface area contributed by atoms with Crippen LogP contribution >= 0.6 is 8.60 Å². The van der Waals surface area contributed by atoms with Crippen molar-refractivity contribution in [1.82, 2.24) is 0 Å². The highest BCUT2D eigenvalue weighted by atomic mass is 31.2. The second kappa shape index (κ2) is 10.0. The van der Waals surface area contributed by atoms with Gasteiger partial charge in [-0.2, -0.15) is 0 Å².